The number of rotatable bonds is 4. The Kier molecular flexibility index (Phi) is 5.29. The molecular formula is C20H16F3NO5S2. The molecule has 6 nitrogen and oxygen atoms in total. The van der Waals surface area contributed by atoms with Crippen molar-refractivity contribution in [3.05, 3.63) is 53.1 Å². The van der Waals surface area contributed by atoms with Crippen LogP contribution in [0.15, 0.2) is 41.3 Å². The molecule has 1 unspecified atom stereocenters. The van der Waals surface area contributed by atoms with Crippen LogP contribution in [0.4, 0.5) is 18.0 Å². The molecule has 1 aliphatic heterocycles. The fourth-order valence-electron chi connectivity index (χ4n) is 3.83. The zero-order valence-corrected chi connectivity index (χ0v) is 17.7. The number of benzene rings is 2. The maximum Gasteiger partial charge on any atom is 0.416 e. The van der Waals surface area contributed by atoms with E-state index in [1.807, 2.05) is 0 Å². The molecule has 0 bridgehead atoms. The van der Waals surface area contributed by atoms with Gasteiger partial charge in [-0.2, -0.15) is 13.2 Å². The monoisotopic (exact) mass is 471 g/mol. The first-order valence-electron chi connectivity index (χ1n) is 9.17. The molecule has 0 spiro atoms. The van der Waals surface area contributed by atoms with Crippen molar-refractivity contribution in [3.8, 4) is 11.5 Å². The van der Waals surface area contributed by atoms with Crippen molar-refractivity contribution in [2.24, 2.45) is 0 Å². The molecule has 164 valence electrons. The summed E-state index contributed by atoms with van der Waals surface area (Å²) in [6.45, 7) is 0. The topological polar surface area (TPSA) is 89.5 Å². The Morgan fingerprint density at radius 3 is 2.48 bits per heavy atom. The van der Waals surface area contributed by atoms with Crippen molar-refractivity contribution in [3.63, 3.8) is 0 Å². The van der Waals surface area contributed by atoms with E-state index in [1.165, 1.54) is 0 Å². The highest BCUT2D eigenvalue weighted by Gasteiger charge is 2.41. The normalized spacial score (nSPS) is 21.2. The SMILES string of the molecule is CS(=O)(=O)c1cc(C(F)(F)F)ccc1Oc1ccc2c(c1)CC[C@H]2C1SC(=O)NC1=O. The molecule has 4 rings (SSSR count). The molecular weight excluding hydrogens is 455 g/mol. The van der Waals surface area contributed by atoms with E-state index in [0.717, 1.165) is 41.3 Å². The van der Waals surface area contributed by atoms with Gasteiger partial charge in [-0.05, 0) is 54.3 Å². The lowest BCUT2D eigenvalue weighted by atomic mass is 9.97. The van der Waals surface area contributed by atoms with Gasteiger partial charge >= 0.3 is 6.18 Å². The maximum atomic E-state index is 13.0. The Bertz CT molecular complexity index is 1190. The number of halogens is 3. The predicted octanol–water partition coefficient (Wildman–Crippen LogP) is 4.28. The molecule has 0 aromatic heterocycles. The number of sulfone groups is 1. The van der Waals surface area contributed by atoms with E-state index in [9.17, 15) is 31.2 Å². The van der Waals surface area contributed by atoms with Gasteiger partial charge in [0.05, 0.1) is 5.56 Å². The van der Waals surface area contributed by atoms with Crippen LogP contribution in [0.25, 0.3) is 0 Å². The van der Waals surface area contributed by atoms with Gasteiger partial charge < -0.3 is 4.74 Å². The molecule has 1 saturated heterocycles. The van der Waals surface area contributed by atoms with Gasteiger partial charge in [0.1, 0.15) is 21.6 Å². The maximum absolute atomic E-state index is 13.0. The summed E-state index contributed by atoms with van der Waals surface area (Å²) in [7, 11) is -3.98. The van der Waals surface area contributed by atoms with Crippen LogP contribution >= 0.6 is 11.8 Å². The lowest BCUT2D eigenvalue weighted by Crippen LogP contribution is -2.27. The smallest absolute Gasteiger partial charge is 0.416 e. The lowest BCUT2D eigenvalue weighted by Gasteiger charge is -2.16. The van der Waals surface area contributed by atoms with Crippen molar-refractivity contribution < 1.29 is 35.9 Å². The van der Waals surface area contributed by atoms with Crippen molar-refractivity contribution in [2.45, 2.75) is 35.1 Å². The summed E-state index contributed by atoms with van der Waals surface area (Å²) >= 11 is 0.960. The summed E-state index contributed by atoms with van der Waals surface area (Å²) in [5.41, 5.74) is 0.687. The minimum absolute atomic E-state index is 0.141. The number of carbonyl (C=O) groups is 2. The number of nitrogens with one attached hydrogen (secondary N) is 1. The van der Waals surface area contributed by atoms with E-state index >= 15 is 0 Å². The van der Waals surface area contributed by atoms with Gasteiger partial charge in [-0.15, -0.1) is 0 Å². The van der Waals surface area contributed by atoms with Crippen molar-refractivity contribution in [1.29, 1.82) is 0 Å². The van der Waals surface area contributed by atoms with E-state index < -0.39 is 31.7 Å². The number of carbonyl (C=O) groups excluding carboxylic acids is 2. The number of thioether (sulfide) groups is 1. The number of amides is 2. The third-order valence-corrected chi connectivity index (χ3v) is 7.45. The highest BCUT2D eigenvalue weighted by molar-refractivity contribution is 8.15. The van der Waals surface area contributed by atoms with Crippen molar-refractivity contribution in [2.75, 3.05) is 6.26 Å². The van der Waals surface area contributed by atoms with Crippen LogP contribution in [0.3, 0.4) is 0 Å². The zero-order valence-electron chi connectivity index (χ0n) is 16.0. The Morgan fingerprint density at radius 1 is 1.13 bits per heavy atom. The second-order valence-corrected chi connectivity index (χ2v) is 10.5. The molecule has 11 heteroatoms. The first kappa shape index (κ1) is 21.7. The quantitative estimate of drug-likeness (QED) is 0.716. The van der Waals surface area contributed by atoms with E-state index in [2.05, 4.69) is 5.32 Å². The minimum Gasteiger partial charge on any atom is -0.456 e. The number of hydrogen-bond donors (Lipinski definition) is 1. The van der Waals surface area contributed by atoms with Crippen LogP contribution < -0.4 is 10.1 Å². The van der Waals surface area contributed by atoms with E-state index in [0.29, 0.717) is 18.9 Å². The fraction of sp³-hybridized carbons (Fsp3) is 0.300. The second kappa shape index (κ2) is 7.56. The van der Waals surface area contributed by atoms with Crippen LogP contribution in [0.1, 0.15) is 29.0 Å². The zero-order chi connectivity index (χ0) is 22.6. The van der Waals surface area contributed by atoms with Gasteiger partial charge in [-0.25, -0.2) is 8.42 Å². The molecule has 1 aliphatic carbocycles. The number of hydrogen-bond acceptors (Lipinski definition) is 6. The predicted molar refractivity (Wildman–Crippen MR) is 107 cm³/mol. The van der Waals surface area contributed by atoms with Gasteiger partial charge in [-0.3, -0.25) is 14.9 Å². The van der Waals surface area contributed by atoms with E-state index in [4.69, 9.17) is 4.74 Å². The van der Waals surface area contributed by atoms with Gasteiger partial charge in [0.25, 0.3) is 5.24 Å². The van der Waals surface area contributed by atoms with Gasteiger partial charge in [0, 0.05) is 12.2 Å². The van der Waals surface area contributed by atoms with E-state index in [1.54, 1.807) is 18.2 Å². The molecule has 0 saturated carbocycles. The summed E-state index contributed by atoms with van der Waals surface area (Å²) < 4.78 is 68.7. The number of alkyl halides is 3. The summed E-state index contributed by atoms with van der Waals surface area (Å²) in [4.78, 5) is 22.9. The van der Waals surface area contributed by atoms with Gasteiger partial charge in [-0.1, -0.05) is 17.8 Å². The molecule has 0 radical (unpaired) electrons. The van der Waals surface area contributed by atoms with Gasteiger partial charge in [0.15, 0.2) is 9.84 Å². The van der Waals surface area contributed by atoms with E-state index in [-0.39, 0.29) is 28.6 Å². The molecule has 1 fully saturated rings. The Labute approximate surface area is 180 Å². The van der Waals surface area contributed by atoms with Gasteiger partial charge in [0.2, 0.25) is 5.91 Å². The number of aryl methyl sites for hydroxylation is 1. The number of imide groups is 1. The Balaban J connectivity index is 1.63. The molecule has 2 aromatic carbocycles. The lowest BCUT2D eigenvalue weighted by molar-refractivity contribution is -0.137. The molecule has 2 amide bonds. The second-order valence-electron chi connectivity index (χ2n) is 7.35. The standard InChI is InChI=1S/C20H16F3NO5S2/c1-31(27,28)16-9-11(20(21,22)23)3-7-15(16)29-12-4-6-13-10(8-12)2-5-14(13)17-18(25)24-19(26)30-17/h3-4,6-9,14,17H,2,5H2,1H3,(H,24,25,26)/t14-,17?/m1/s1. The Hall–Kier alpha value is -2.53. The molecule has 31 heavy (non-hydrogen) atoms. The highest BCUT2D eigenvalue weighted by atomic mass is 32.2. The molecule has 1 N–H and O–H groups in total. The summed E-state index contributed by atoms with van der Waals surface area (Å²) in [6, 6.07) is 7.30. The van der Waals surface area contributed by atoms with Crippen LogP contribution in [-0.4, -0.2) is 31.1 Å². The minimum atomic E-state index is -4.69. The van der Waals surface area contributed by atoms with Crippen LogP contribution in [-0.2, 0) is 27.2 Å². The Morgan fingerprint density at radius 2 is 1.87 bits per heavy atom. The summed E-state index contributed by atoms with van der Waals surface area (Å²) in [6.07, 6.45) is -2.59. The average Bonchev–Trinajstić information content (AvgIpc) is 3.22. The number of fused-ring (bicyclic) bond motifs is 1. The molecule has 1 heterocycles. The average molecular weight is 471 g/mol. The third-order valence-electron chi connectivity index (χ3n) is 5.22. The van der Waals surface area contributed by atoms with Crippen LogP contribution in [0, 0.1) is 0 Å². The first-order chi connectivity index (χ1) is 14.4. The third kappa shape index (κ3) is 4.29. The molecule has 2 aliphatic rings. The fourth-order valence-corrected chi connectivity index (χ4v) is 5.64. The van der Waals surface area contributed by atoms with Crippen molar-refractivity contribution in [1.82, 2.24) is 5.32 Å². The highest BCUT2D eigenvalue weighted by Crippen LogP contribution is 2.44. The molecule has 2 aromatic rings. The largest absolute Gasteiger partial charge is 0.456 e. The summed E-state index contributed by atoms with van der Waals surface area (Å²) in [5, 5.41) is 1.39. The van der Waals surface area contributed by atoms with Crippen LogP contribution in [0.2, 0.25) is 0 Å². The molecule has 2 atom stereocenters. The first-order valence-corrected chi connectivity index (χ1v) is 11.9. The van der Waals surface area contributed by atoms with Crippen molar-refractivity contribution >= 4 is 32.7 Å². The number of ether oxygens (including phenoxy) is 1. The van der Waals surface area contributed by atoms with Crippen LogP contribution in [0.5, 0.6) is 11.5 Å². The summed E-state index contributed by atoms with van der Waals surface area (Å²) in [5.74, 6) is -0.404.